The maximum Gasteiger partial charge on any atom is 0.335 e. The number of hydrogen-bond donors (Lipinski definition) is 11. The fourth-order valence-corrected chi connectivity index (χ4v) is 8.68. The molecular weight excluding hydrogens is 868 g/mol. The van der Waals surface area contributed by atoms with Crippen LogP contribution < -0.4 is 16.0 Å². The van der Waals surface area contributed by atoms with Gasteiger partial charge in [0.1, 0.15) is 48.8 Å². The zero-order valence-electron chi connectivity index (χ0n) is 34.8. The van der Waals surface area contributed by atoms with Crippen molar-refractivity contribution in [3.05, 3.63) is 0 Å². The van der Waals surface area contributed by atoms with Gasteiger partial charge in [-0.25, -0.2) is 9.59 Å². The lowest BCUT2D eigenvalue weighted by Crippen LogP contribution is -2.69. The van der Waals surface area contributed by atoms with Gasteiger partial charge in [0.05, 0.1) is 24.6 Å². The van der Waals surface area contributed by atoms with Gasteiger partial charge in [-0.05, 0) is 25.0 Å². The number of nitrogens with one attached hydrogen (secondary N) is 3. The van der Waals surface area contributed by atoms with Gasteiger partial charge in [-0.3, -0.25) is 28.9 Å². The Kier molecular flexibility index (Phi) is 19.8. The molecule has 358 valence electrons. The molecule has 0 spiro atoms. The number of carbonyl (C=O) groups is 7. The van der Waals surface area contributed by atoms with Crippen molar-refractivity contribution in [3.8, 4) is 0 Å². The minimum absolute atomic E-state index is 0.0150. The normalized spacial score (nSPS) is 35.9. The first-order valence-corrected chi connectivity index (χ1v) is 21.5. The number of likely N-dealkylation sites (tertiary alicyclic amines) is 1. The Bertz CT molecular complexity index is 1610. The van der Waals surface area contributed by atoms with Crippen LogP contribution in [0.5, 0.6) is 0 Å². The molecule has 4 heterocycles. The van der Waals surface area contributed by atoms with Gasteiger partial charge in [0.15, 0.2) is 31.1 Å². The summed E-state index contributed by atoms with van der Waals surface area (Å²) in [5.74, 6) is -5.84. The number of carboxylic acid groups (broad SMARTS) is 2. The monoisotopic (exact) mass is 926 g/mol. The van der Waals surface area contributed by atoms with E-state index < -0.39 is 127 Å². The van der Waals surface area contributed by atoms with Crippen LogP contribution in [0.1, 0.15) is 52.4 Å². The molecule has 25 nitrogen and oxygen atoms in total. The summed E-state index contributed by atoms with van der Waals surface area (Å²) in [4.78, 5) is 86.6. The number of ether oxygens (including phenoxy) is 6. The first-order chi connectivity index (χ1) is 29.8. The van der Waals surface area contributed by atoms with Crippen LogP contribution in [0.2, 0.25) is 0 Å². The van der Waals surface area contributed by atoms with Gasteiger partial charge in [-0.15, -0.1) is 11.8 Å². The summed E-state index contributed by atoms with van der Waals surface area (Å²) in [7, 11) is 1.53. The van der Waals surface area contributed by atoms with Crippen molar-refractivity contribution in [2.75, 3.05) is 39.1 Å². The highest BCUT2D eigenvalue weighted by Crippen LogP contribution is 2.35. The maximum atomic E-state index is 12.7. The van der Waals surface area contributed by atoms with Crippen molar-refractivity contribution < 1.29 is 103 Å². The topological polar surface area (TPSA) is 376 Å². The maximum absolute atomic E-state index is 12.7. The highest BCUT2D eigenvalue weighted by atomic mass is 32.2. The van der Waals surface area contributed by atoms with E-state index in [2.05, 4.69) is 16.0 Å². The van der Waals surface area contributed by atoms with Crippen LogP contribution in [0, 0.1) is 5.92 Å². The largest absolute Gasteiger partial charge is 0.479 e. The van der Waals surface area contributed by atoms with Crippen molar-refractivity contribution in [2.45, 2.75) is 144 Å². The molecule has 26 heteroatoms. The third-order valence-corrected chi connectivity index (χ3v) is 12.2. The van der Waals surface area contributed by atoms with Crippen LogP contribution in [0.15, 0.2) is 0 Å². The molecule has 0 radical (unpaired) electrons. The van der Waals surface area contributed by atoms with Crippen LogP contribution in [0.25, 0.3) is 0 Å². The van der Waals surface area contributed by atoms with E-state index in [1.165, 1.54) is 18.8 Å². The first-order valence-electron chi connectivity index (χ1n) is 20.4. The molecule has 0 saturated carbocycles. The molecule has 4 aliphatic rings. The van der Waals surface area contributed by atoms with Crippen LogP contribution in [0.3, 0.4) is 0 Å². The number of imide groups is 1. The molecular formula is C37H58N4O21S. The lowest BCUT2D eigenvalue weighted by molar-refractivity contribution is -0.360. The van der Waals surface area contributed by atoms with Crippen LogP contribution in [-0.2, 0) is 62.0 Å². The number of nitrogens with zero attached hydrogens (tertiary/aromatic N) is 1. The SMILES string of the molecule is CC[C@@H]1C(C(=O)O)O[C@@H](O[C@@H]2C(CO)O[C@H](O[C@@H]3C(C(=O)O)O[C@@H](OCCNC(=O)CCCN4C(=O)CC(SCCCC(=O)NC)C4=O)[C@@H](O)C3O)C(NC(C)=O)[C@H]2O)[C@@H](O)C1O. The third kappa shape index (κ3) is 13.2. The number of hydrogen-bond acceptors (Lipinski definition) is 20. The molecule has 4 rings (SSSR count). The lowest BCUT2D eigenvalue weighted by atomic mass is 9.86. The van der Waals surface area contributed by atoms with Crippen molar-refractivity contribution >= 4 is 53.2 Å². The molecule has 11 N–H and O–H groups in total. The van der Waals surface area contributed by atoms with Gasteiger partial charge in [-0.1, -0.05) is 6.92 Å². The Morgan fingerprint density at radius 2 is 1.44 bits per heavy atom. The van der Waals surface area contributed by atoms with Gasteiger partial charge in [-0.2, -0.15) is 0 Å². The predicted octanol–water partition coefficient (Wildman–Crippen LogP) is -5.27. The summed E-state index contributed by atoms with van der Waals surface area (Å²) in [5.41, 5.74) is 0. The summed E-state index contributed by atoms with van der Waals surface area (Å²) < 4.78 is 33.4. The molecule has 16 atom stereocenters. The summed E-state index contributed by atoms with van der Waals surface area (Å²) in [5, 5.41) is 91.5. The molecule has 63 heavy (non-hydrogen) atoms. The minimum Gasteiger partial charge on any atom is -0.479 e. The number of amides is 5. The quantitative estimate of drug-likeness (QED) is 0.0357. The molecule has 4 saturated heterocycles. The Morgan fingerprint density at radius 1 is 0.810 bits per heavy atom. The smallest absolute Gasteiger partial charge is 0.335 e. The van der Waals surface area contributed by atoms with E-state index in [4.69, 9.17) is 28.4 Å². The number of aliphatic carboxylic acids is 2. The van der Waals surface area contributed by atoms with Crippen molar-refractivity contribution in [1.29, 1.82) is 0 Å². The van der Waals surface area contributed by atoms with Crippen LogP contribution in [0.4, 0.5) is 0 Å². The summed E-state index contributed by atoms with van der Waals surface area (Å²) >= 11 is 1.30. The molecule has 0 aromatic heterocycles. The number of aliphatic hydroxyl groups is 6. The first kappa shape index (κ1) is 52.0. The second-order valence-corrected chi connectivity index (χ2v) is 16.6. The zero-order chi connectivity index (χ0) is 46.7. The van der Waals surface area contributed by atoms with Gasteiger partial charge >= 0.3 is 11.9 Å². The number of aliphatic hydroxyl groups excluding tert-OH is 6. The van der Waals surface area contributed by atoms with E-state index in [-0.39, 0.29) is 63.1 Å². The van der Waals surface area contributed by atoms with Crippen molar-refractivity contribution in [1.82, 2.24) is 20.9 Å². The average Bonchev–Trinajstić information content (AvgIpc) is 3.50. The number of carboxylic acids is 2. The van der Waals surface area contributed by atoms with E-state index in [1.54, 1.807) is 6.92 Å². The van der Waals surface area contributed by atoms with Crippen molar-refractivity contribution in [2.24, 2.45) is 5.92 Å². The molecule has 0 aromatic rings. The molecule has 0 aliphatic carbocycles. The zero-order valence-corrected chi connectivity index (χ0v) is 35.6. The van der Waals surface area contributed by atoms with Gasteiger partial charge in [0.2, 0.25) is 29.5 Å². The van der Waals surface area contributed by atoms with E-state index in [1.807, 2.05) is 0 Å². The Labute approximate surface area is 365 Å². The molecule has 5 amide bonds. The van der Waals surface area contributed by atoms with Gasteiger partial charge in [0.25, 0.3) is 0 Å². The van der Waals surface area contributed by atoms with Gasteiger partial charge in [0, 0.05) is 52.2 Å². The molecule has 0 bridgehead atoms. The second kappa shape index (κ2) is 24.0. The molecule has 4 aliphatic heterocycles. The van der Waals surface area contributed by atoms with Crippen LogP contribution in [-0.4, -0.2) is 218 Å². The second-order valence-electron chi connectivity index (χ2n) is 15.3. The van der Waals surface area contributed by atoms with E-state index >= 15 is 0 Å². The highest BCUT2D eigenvalue weighted by Gasteiger charge is 2.56. The molecule has 7 unspecified atom stereocenters. The highest BCUT2D eigenvalue weighted by molar-refractivity contribution is 8.00. The molecule has 4 fully saturated rings. The average molecular weight is 927 g/mol. The molecule has 0 aromatic carbocycles. The summed E-state index contributed by atoms with van der Waals surface area (Å²) in [6.45, 7) is 1.12. The Hall–Kier alpha value is -3.64. The summed E-state index contributed by atoms with van der Waals surface area (Å²) in [6, 6.07) is -1.68. The summed E-state index contributed by atoms with van der Waals surface area (Å²) in [6.07, 6.45) is -23.1. The predicted molar refractivity (Wildman–Crippen MR) is 209 cm³/mol. The number of thioether (sulfide) groups is 1. The fourth-order valence-electron chi connectivity index (χ4n) is 7.56. The number of rotatable bonds is 22. The minimum atomic E-state index is -2.09. The third-order valence-electron chi connectivity index (χ3n) is 10.9. The Morgan fingerprint density at radius 3 is 2.06 bits per heavy atom. The Balaban J connectivity index is 1.30. The van der Waals surface area contributed by atoms with E-state index in [0.717, 1.165) is 11.8 Å². The standard InChI is InChI=1S/C37H58N4O21S/c1-4-16-23(47)26(50)37(59-28(16)33(53)54)60-29-17(14-42)58-35(22(24(29)48)40-15(2)43)61-30-25(49)27(51)36(62-31(30)34(55)56)57-11-9-39-20(45)7-5-10-41-21(46)13-18(32(41)52)63-12-6-8-19(44)38-3/h16-18,22-31,35-37,42,47-51H,4-14H2,1-3H3,(H,38,44)(H,39,45)(H,40,43)(H,53,54)(H,55,56)/t16-,17?,18?,22?,23?,24+,25?,26-,27-,28?,29+,30-,31?,35+,36+,37-/m0/s1. The van der Waals surface area contributed by atoms with Crippen LogP contribution >= 0.6 is 11.8 Å². The van der Waals surface area contributed by atoms with E-state index in [9.17, 15) is 74.4 Å². The van der Waals surface area contributed by atoms with Gasteiger partial charge < -0.3 is 85.2 Å². The van der Waals surface area contributed by atoms with E-state index in [0.29, 0.717) is 18.6 Å². The number of carbonyl (C=O) groups excluding carboxylic acids is 5. The van der Waals surface area contributed by atoms with Crippen molar-refractivity contribution in [3.63, 3.8) is 0 Å². The lowest BCUT2D eigenvalue weighted by Gasteiger charge is -2.49. The fraction of sp³-hybridized carbons (Fsp3) is 0.811.